The van der Waals surface area contributed by atoms with Crippen molar-refractivity contribution in [3.63, 3.8) is 0 Å². The number of hydrogen-bond donors (Lipinski definition) is 3. The Labute approximate surface area is 281 Å². The molecule has 0 heterocycles. The largest absolute Gasteiger partial charge is 0.507 e. The Bertz CT molecular complexity index is 1920. The Hall–Kier alpha value is -5.07. The molecule has 6 aromatic rings. The summed E-state index contributed by atoms with van der Waals surface area (Å²) < 4.78 is 24.2. The van der Waals surface area contributed by atoms with E-state index in [0.717, 1.165) is 32.5 Å². The van der Waals surface area contributed by atoms with Gasteiger partial charge < -0.3 is 34.3 Å². The van der Waals surface area contributed by atoms with Gasteiger partial charge in [0.05, 0.1) is 0 Å². The van der Waals surface area contributed by atoms with Gasteiger partial charge in [0, 0.05) is 21.6 Å². The maximum absolute atomic E-state index is 10.8. The van der Waals surface area contributed by atoms with E-state index in [4.69, 9.17) is 18.9 Å². The lowest BCUT2D eigenvalue weighted by atomic mass is 10.0. The summed E-state index contributed by atoms with van der Waals surface area (Å²) in [5.41, 5.74) is 1.63. The highest BCUT2D eigenvalue weighted by Gasteiger charge is 2.19. The molecule has 8 heteroatoms. The fourth-order valence-corrected chi connectivity index (χ4v) is 6.58. The highest BCUT2D eigenvalue weighted by molar-refractivity contribution is 7.56. The highest BCUT2D eigenvalue weighted by Crippen LogP contribution is 2.37. The van der Waals surface area contributed by atoms with Crippen LogP contribution < -0.4 is 29.6 Å². The van der Waals surface area contributed by atoms with Crippen LogP contribution in [0.3, 0.4) is 0 Å². The Kier molecular flexibility index (Phi) is 11.1. The van der Waals surface area contributed by atoms with E-state index in [2.05, 4.69) is 0 Å². The summed E-state index contributed by atoms with van der Waals surface area (Å²) in [4.78, 5) is 0. The zero-order valence-corrected chi connectivity index (χ0v) is 27.2. The summed E-state index contributed by atoms with van der Waals surface area (Å²) >= 11 is 0. The highest BCUT2D eigenvalue weighted by atomic mass is 31.1. The Morgan fingerprint density at radius 3 is 1.62 bits per heavy atom. The molecule has 3 atom stereocenters. The van der Waals surface area contributed by atoms with E-state index in [1.165, 1.54) is 0 Å². The lowest BCUT2D eigenvalue weighted by Gasteiger charge is -2.21. The third kappa shape index (κ3) is 8.44. The van der Waals surface area contributed by atoms with Gasteiger partial charge in [0.25, 0.3) is 0 Å². The molecule has 0 saturated carbocycles. The number of aliphatic hydroxyl groups excluding tert-OH is 2. The van der Waals surface area contributed by atoms with E-state index in [0.29, 0.717) is 23.0 Å². The number of aliphatic hydroxyl groups is 2. The van der Waals surface area contributed by atoms with Crippen molar-refractivity contribution in [3.05, 3.63) is 140 Å². The molecule has 244 valence electrons. The summed E-state index contributed by atoms with van der Waals surface area (Å²) in [5, 5.41) is 35.7. The second-order valence-corrected chi connectivity index (χ2v) is 12.5. The summed E-state index contributed by atoms with van der Waals surface area (Å²) in [7, 11) is 0.102. The van der Waals surface area contributed by atoms with Crippen LogP contribution in [-0.4, -0.2) is 54.0 Å². The number of hydrogen-bond acceptors (Lipinski definition) is 7. The predicted octanol–water partition coefficient (Wildman–Crippen LogP) is 6.48. The second-order valence-electron chi connectivity index (χ2n) is 11.2. The SMILES string of the molecule is Oc1ccccc1-c1ccccc1Pc1cc(OCC(O)COc2ccccc2)c2ccccc2c1OCC(O)COc1ccccc1. The van der Waals surface area contributed by atoms with Crippen molar-refractivity contribution in [3.8, 4) is 39.9 Å². The van der Waals surface area contributed by atoms with E-state index in [9.17, 15) is 15.3 Å². The third-order valence-corrected chi connectivity index (χ3v) is 8.92. The molecule has 3 N–H and O–H groups in total. The first-order chi connectivity index (χ1) is 23.5. The van der Waals surface area contributed by atoms with Gasteiger partial charge >= 0.3 is 0 Å². The number of fused-ring (bicyclic) bond motifs is 1. The Balaban J connectivity index is 1.29. The van der Waals surface area contributed by atoms with Gasteiger partial charge in [0.15, 0.2) is 0 Å². The number of rotatable bonds is 15. The van der Waals surface area contributed by atoms with Crippen molar-refractivity contribution in [1.82, 2.24) is 0 Å². The standard InChI is InChI=1S/C40H37O7P/c41-28(24-44-30-13-3-1-4-14-30)26-46-37-23-39(48-38-22-12-10-19-34(38)32-17-9-11-21-36(32)43)40(35-20-8-7-18-33(35)37)47-27-29(42)25-45-31-15-5-2-6-16-31/h1-23,28-29,41-43,48H,24-27H2. The molecule has 0 spiro atoms. The van der Waals surface area contributed by atoms with Crippen LogP contribution in [0.2, 0.25) is 0 Å². The molecule has 0 bridgehead atoms. The predicted molar refractivity (Wildman–Crippen MR) is 192 cm³/mol. The minimum Gasteiger partial charge on any atom is -0.507 e. The molecule has 0 aromatic heterocycles. The first kappa shape index (κ1) is 32.9. The fraction of sp³-hybridized carbons (Fsp3) is 0.150. The lowest BCUT2D eigenvalue weighted by molar-refractivity contribution is 0.0624. The maximum Gasteiger partial charge on any atom is 0.135 e. The molecule has 6 aromatic carbocycles. The molecule has 6 rings (SSSR count). The van der Waals surface area contributed by atoms with Crippen LogP contribution in [0.1, 0.15) is 0 Å². The van der Waals surface area contributed by atoms with Gasteiger partial charge in [0.1, 0.15) is 67.4 Å². The molecule has 0 amide bonds. The van der Waals surface area contributed by atoms with Crippen molar-refractivity contribution >= 4 is 30.0 Å². The molecule has 48 heavy (non-hydrogen) atoms. The van der Waals surface area contributed by atoms with E-state index in [1.54, 1.807) is 12.1 Å². The third-order valence-electron chi connectivity index (χ3n) is 7.57. The molecule has 0 aliphatic heterocycles. The summed E-state index contributed by atoms with van der Waals surface area (Å²) in [6.07, 6.45) is -1.75. The number of para-hydroxylation sites is 3. The van der Waals surface area contributed by atoms with E-state index < -0.39 is 12.2 Å². The van der Waals surface area contributed by atoms with E-state index >= 15 is 0 Å². The zero-order chi connectivity index (χ0) is 33.1. The summed E-state index contributed by atoms with van der Waals surface area (Å²) in [6, 6.07) is 43.6. The molecule has 3 unspecified atom stereocenters. The van der Waals surface area contributed by atoms with Crippen LogP contribution in [0, 0.1) is 0 Å². The van der Waals surface area contributed by atoms with Crippen molar-refractivity contribution in [2.24, 2.45) is 0 Å². The maximum atomic E-state index is 10.8. The minimum atomic E-state index is -0.885. The minimum absolute atomic E-state index is 0.00513. The lowest BCUT2D eigenvalue weighted by Crippen LogP contribution is -2.27. The molecule has 0 aliphatic carbocycles. The molecule has 0 aliphatic rings. The number of aromatic hydroxyl groups is 1. The average Bonchev–Trinajstić information content (AvgIpc) is 3.13. The molecular formula is C40H37O7P. The van der Waals surface area contributed by atoms with Crippen LogP contribution in [0.5, 0.6) is 28.7 Å². The van der Waals surface area contributed by atoms with Crippen molar-refractivity contribution in [1.29, 1.82) is 0 Å². The van der Waals surface area contributed by atoms with Crippen LogP contribution in [0.25, 0.3) is 21.9 Å². The first-order valence-electron chi connectivity index (χ1n) is 15.7. The van der Waals surface area contributed by atoms with Gasteiger partial charge in [-0.1, -0.05) is 112 Å². The smallest absolute Gasteiger partial charge is 0.135 e. The summed E-state index contributed by atoms with van der Waals surface area (Å²) in [6.45, 7) is 0.170. The number of ether oxygens (including phenoxy) is 4. The van der Waals surface area contributed by atoms with Gasteiger partial charge in [-0.05, 0) is 47.3 Å². The van der Waals surface area contributed by atoms with Crippen LogP contribution in [0.4, 0.5) is 0 Å². The second kappa shape index (κ2) is 16.2. The van der Waals surface area contributed by atoms with Crippen LogP contribution in [0.15, 0.2) is 140 Å². The van der Waals surface area contributed by atoms with Gasteiger partial charge in [-0.3, -0.25) is 0 Å². The number of phenols is 1. The number of phenolic OH excluding ortho intramolecular Hbond substituents is 1. The quantitative estimate of drug-likeness (QED) is 0.109. The topological polar surface area (TPSA) is 97.6 Å². The van der Waals surface area contributed by atoms with Crippen molar-refractivity contribution in [2.75, 3.05) is 26.4 Å². The van der Waals surface area contributed by atoms with E-state index in [1.807, 2.05) is 127 Å². The Morgan fingerprint density at radius 2 is 0.979 bits per heavy atom. The van der Waals surface area contributed by atoms with Crippen LogP contribution in [-0.2, 0) is 0 Å². The monoisotopic (exact) mass is 660 g/mol. The summed E-state index contributed by atoms with van der Waals surface area (Å²) in [5.74, 6) is 2.75. The number of benzene rings is 6. The van der Waals surface area contributed by atoms with Gasteiger partial charge in [-0.15, -0.1) is 0 Å². The van der Waals surface area contributed by atoms with Gasteiger partial charge in [-0.2, -0.15) is 0 Å². The fourth-order valence-electron chi connectivity index (χ4n) is 5.24. The normalized spacial score (nSPS) is 12.5. The van der Waals surface area contributed by atoms with Crippen LogP contribution >= 0.6 is 8.58 Å². The Morgan fingerprint density at radius 1 is 0.479 bits per heavy atom. The van der Waals surface area contributed by atoms with Crippen molar-refractivity contribution < 1.29 is 34.3 Å². The molecular weight excluding hydrogens is 623 g/mol. The van der Waals surface area contributed by atoms with E-state index in [-0.39, 0.29) is 40.8 Å². The van der Waals surface area contributed by atoms with Crippen molar-refractivity contribution in [2.45, 2.75) is 12.2 Å². The zero-order valence-electron chi connectivity index (χ0n) is 26.2. The first-order valence-corrected chi connectivity index (χ1v) is 16.7. The molecule has 7 nitrogen and oxygen atoms in total. The molecule has 0 fully saturated rings. The molecule has 0 radical (unpaired) electrons. The van der Waals surface area contributed by atoms with Gasteiger partial charge in [-0.25, -0.2) is 0 Å². The average molecular weight is 661 g/mol. The van der Waals surface area contributed by atoms with Gasteiger partial charge in [0.2, 0.25) is 0 Å². The molecule has 0 saturated heterocycles.